The lowest BCUT2D eigenvalue weighted by Crippen LogP contribution is -2.36. The average molecular weight is 423 g/mol. The van der Waals surface area contributed by atoms with Crippen LogP contribution >= 0.6 is 11.6 Å². The maximum absolute atomic E-state index is 12.5. The molecule has 0 unspecified atom stereocenters. The summed E-state index contributed by atoms with van der Waals surface area (Å²) in [6, 6.07) is 15.2. The number of nitrogens with one attached hydrogen (secondary N) is 1. The number of alkyl halides is 3. The molecule has 0 saturated carbocycles. The van der Waals surface area contributed by atoms with Crippen LogP contribution in [0.5, 0.6) is 0 Å². The number of nitrogens with zero attached hydrogens (tertiary/aromatic N) is 1. The predicted molar refractivity (Wildman–Crippen MR) is 102 cm³/mol. The normalized spacial score (nSPS) is 11.3. The molecule has 0 aliphatic carbocycles. The fraction of sp³-hybridized carbons (Fsp3) is 0.150. The van der Waals surface area contributed by atoms with Crippen LogP contribution in [-0.4, -0.2) is 36.2 Å². The number of rotatable bonds is 5. The quantitative estimate of drug-likeness (QED) is 0.619. The summed E-state index contributed by atoms with van der Waals surface area (Å²) in [5, 5.41) is 2.55. The Morgan fingerprint density at radius 2 is 1.76 bits per heavy atom. The third-order valence-corrected chi connectivity index (χ3v) is 4.24. The van der Waals surface area contributed by atoms with Gasteiger partial charge in [0.05, 0.1) is 16.8 Å². The molecule has 2 aromatic carbocycles. The Bertz CT molecular complexity index is 1070. The SMILES string of the molecule is O=C(COC(=O)c1cc(-c2ccccc2Cl)nc2ccccc12)NCC(F)(F)F. The summed E-state index contributed by atoms with van der Waals surface area (Å²) in [5.74, 6) is -1.92. The van der Waals surface area contributed by atoms with Crippen LogP contribution in [0, 0.1) is 0 Å². The van der Waals surface area contributed by atoms with Crippen LogP contribution in [0.4, 0.5) is 13.2 Å². The van der Waals surface area contributed by atoms with E-state index in [0.717, 1.165) is 0 Å². The molecule has 0 aliphatic heterocycles. The molecule has 3 rings (SSSR count). The molecule has 29 heavy (non-hydrogen) atoms. The van der Waals surface area contributed by atoms with Gasteiger partial charge in [-0.2, -0.15) is 13.2 Å². The molecular formula is C20H14ClF3N2O3. The molecule has 1 heterocycles. The number of pyridine rings is 1. The Balaban J connectivity index is 1.87. The number of hydrogen-bond donors (Lipinski definition) is 1. The second-order valence-corrected chi connectivity index (χ2v) is 6.43. The zero-order valence-electron chi connectivity index (χ0n) is 14.8. The Labute approximate surface area is 168 Å². The number of fused-ring (bicyclic) bond motifs is 1. The van der Waals surface area contributed by atoms with Gasteiger partial charge < -0.3 is 10.1 Å². The third kappa shape index (κ3) is 5.23. The number of aromatic nitrogens is 1. The first kappa shape index (κ1) is 20.6. The van der Waals surface area contributed by atoms with E-state index in [9.17, 15) is 22.8 Å². The van der Waals surface area contributed by atoms with E-state index in [0.29, 0.717) is 27.2 Å². The number of amides is 1. The fourth-order valence-electron chi connectivity index (χ4n) is 2.61. The monoisotopic (exact) mass is 422 g/mol. The smallest absolute Gasteiger partial charge is 0.405 e. The number of benzene rings is 2. The average Bonchev–Trinajstić information content (AvgIpc) is 2.69. The topological polar surface area (TPSA) is 68.3 Å². The number of ether oxygens (including phenoxy) is 1. The van der Waals surface area contributed by atoms with Gasteiger partial charge in [0.25, 0.3) is 5.91 Å². The fourth-order valence-corrected chi connectivity index (χ4v) is 2.84. The highest BCUT2D eigenvalue weighted by Gasteiger charge is 2.28. The van der Waals surface area contributed by atoms with E-state index >= 15 is 0 Å². The van der Waals surface area contributed by atoms with Crippen molar-refractivity contribution in [2.24, 2.45) is 0 Å². The first-order chi connectivity index (χ1) is 13.7. The summed E-state index contributed by atoms with van der Waals surface area (Å²) in [7, 11) is 0. The molecule has 0 saturated heterocycles. The summed E-state index contributed by atoms with van der Waals surface area (Å²) in [6.45, 7) is -2.34. The van der Waals surface area contributed by atoms with Crippen molar-refractivity contribution in [2.75, 3.05) is 13.2 Å². The zero-order chi connectivity index (χ0) is 21.0. The van der Waals surface area contributed by atoms with Crippen LogP contribution < -0.4 is 5.32 Å². The van der Waals surface area contributed by atoms with Gasteiger partial charge in [-0.25, -0.2) is 9.78 Å². The van der Waals surface area contributed by atoms with Crippen molar-refractivity contribution in [1.29, 1.82) is 0 Å². The van der Waals surface area contributed by atoms with Crippen molar-refractivity contribution in [3.05, 3.63) is 65.2 Å². The zero-order valence-corrected chi connectivity index (χ0v) is 15.6. The molecule has 0 radical (unpaired) electrons. The molecule has 1 aromatic heterocycles. The highest BCUT2D eigenvalue weighted by molar-refractivity contribution is 6.33. The standard InChI is InChI=1S/C20H14ClF3N2O3/c21-15-7-3-1-6-13(15)17-9-14(12-5-2-4-8-16(12)26-17)19(28)29-10-18(27)25-11-20(22,23)24/h1-9H,10-11H2,(H,25,27). The highest BCUT2D eigenvalue weighted by Crippen LogP contribution is 2.30. The van der Waals surface area contributed by atoms with Gasteiger partial charge in [0.2, 0.25) is 0 Å². The van der Waals surface area contributed by atoms with Gasteiger partial charge in [0.15, 0.2) is 6.61 Å². The molecule has 5 nitrogen and oxygen atoms in total. The van der Waals surface area contributed by atoms with Crippen molar-refractivity contribution in [2.45, 2.75) is 6.18 Å². The number of hydrogen-bond acceptors (Lipinski definition) is 4. The van der Waals surface area contributed by atoms with Crippen LogP contribution in [-0.2, 0) is 9.53 Å². The maximum atomic E-state index is 12.5. The van der Waals surface area contributed by atoms with E-state index in [1.165, 1.54) is 6.07 Å². The Kier molecular flexibility index (Phi) is 6.03. The minimum absolute atomic E-state index is 0.120. The molecule has 0 fully saturated rings. The largest absolute Gasteiger partial charge is 0.452 e. The maximum Gasteiger partial charge on any atom is 0.405 e. The minimum Gasteiger partial charge on any atom is -0.452 e. The van der Waals surface area contributed by atoms with E-state index < -0.39 is 31.2 Å². The number of carbonyl (C=O) groups is 2. The van der Waals surface area contributed by atoms with E-state index in [2.05, 4.69) is 4.98 Å². The molecule has 0 bridgehead atoms. The molecule has 1 N–H and O–H groups in total. The van der Waals surface area contributed by atoms with Crippen molar-refractivity contribution in [3.8, 4) is 11.3 Å². The second kappa shape index (κ2) is 8.48. The van der Waals surface area contributed by atoms with Gasteiger partial charge in [-0.15, -0.1) is 0 Å². The van der Waals surface area contributed by atoms with Crippen LogP contribution in [0.1, 0.15) is 10.4 Å². The van der Waals surface area contributed by atoms with Crippen LogP contribution in [0.2, 0.25) is 5.02 Å². The van der Waals surface area contributed by atoms with Crippen LogP contribution in [0.15, 0.2) is 54.6 Å². The second-order valence-electron chi connectivity index (χ2n) is 6.02. The van der Waals surface area contributed by atoms with Crippen LogP contribution in [0.25, 0.3) is 22.2 Å². The van der Waals surface area contributed by atoms with Gasteiger partial charge in [0, 0.05) is 16.0 Å². The first-order valence-electron chi connectivity index (χ1n) is 8.40. The molecule has 150 valence electrons. The van der Waals surface area contributed by atoms with Gasteiger partial charge in [-0.1, -0.05) is 48.0 Å². The van der Waals surface area contributed by atoms with E-state index in [1.807, 2.05) is 0 Å². The Hall–Kier alpha value is -3.13. The van der Waals surface area contributed by atoms with Crippen molar-refractivity contribution in [1.82, 2.24) is 10.3 Å². The van der Waals surface area contributed by atoms with Crippen molar-refractivity contribution >= 4 is 34.4 Å². The molecule has 3 aromatic rings. The lowest BCUT2D eigenvalue weighted by molar-refractivity contribution is -0.140. The summed E-state index contributed by atoms with van der Waals surface area (Å²) >= 11 is 6.22. The van der Waals surface area contributed by atoms with E-state index in [-0.39, 0.29) is 5.56 Å². The predicted octanol–water partition coefficient (Wildman–Crippen LogP) is 4.39. The molecule has 0 atom stereocenters. The van der Waals surface area contributed by atoms with Gasteiger partial charge >= 0.3 is 12.1 Å². The summed E-state index contributed by atoms with van der Waals surface area (Å²) in [5.41, 5.74) is 1.63. The van der Waals surface area contributed by atoms with Crippen LogP contribution in [0.3, 0.4) is 0 Å². The number of esters is 1. The minimum atomic E-state index is -4.55. The molecule has 0 aliphatic rings. The lowest BCUT2D eigenvalue weighted by Gasteiger charge is -2.11. The van der Waals surface area contributed by atoms with Gasteiger partial charge in [0.1, 0.15) is 6.54 Å². The third-order valence-electron chi connectivity index (χ3n) is 3.91. The summed E-state index contributed by atoms with van der Waals surface area (Å²) in [4.78, 5) is 28.6. The summed E-state index contributed by atoms with van der Waals surface area (Å²) < 4.78 is 41.4. The number of para-hydroxylation sites is 1. The molecule has 0 spiro atoms. The molecule has 9 heteroatoms. The van der Waals surface area contributed by atoms with Gasteiger partial charge in [-0.05, 0) is 18.2 Å². The number of carbonyl (C=O) groups excluding carboxylic acids is 2. The molecule has 1 amide bonds. The summed E-state index contributed by atoms with van der Waals surface area (Å²) in [6.07, 6.45) is -4.55. The Morgan fingerprint density at radius 1 is 1.07 bits per heavy atom. The van der Waals surface area contributed by atoms with E-state index in [4.69, 9.17) is 16.3 Å². The highest BCUT2D eigenvalue weighted by atomic mass is 35.5. The van der Waals surface area contributed by atoms with Crippen molar-refractivity contribution < 1.29 is 27.5 Å². The van der Waals surface area contributed by atoms with Gasteiger partial charge in [-0.3, -0.25) is 4.79 Å². The number of halogens is 4. The van der Waals surface area contributed by atoms with E-state index in [1.54, 1.807) is 53.8 Å². The first-order valence-corrected chi connectivity index (χ1v) is 8.77. The molecular weight excluding hydrogens is 409 g/mol. The lowest BCUT2D eigenvalue weighted by atomic mass is 10.0. The van der Waals surface area contributed by atoms with Crippen molar-refractivity contribution in [3.63, 3.8) is 0 Å². The Morgan fingerprint density at radius 3 is 2.48 bits per heavy atom.